The highest BCUT2D eigenvalue weighted by Gasteiger charge is 2.43. The number of benzene rings is 1. The van der Waals surface area contributed by atoms with Gasteiger partial charge in [0.05, 0.1) is 24.1 Å². The summed E-state index contributed by atoms with van der Waals surface area (Å²) in [4.78, 5) is 19.5. The van der Waals surface area contributed by atoms with Crippen LogP contribution in [0, 0.1) is 0 Å². The molecular weight excluding hydrogens is 428 g/mol. The molecule has 174 valence electrons. The SMILES string of the molecule is CCCCCCSc1nc2c(c(=O)n1Cc1ccco1)C1(CCCCC1)Cc1ccccc1-2. The van der Waals surface area contributed by atoms with Crippen molar-refractivity contribution in [1.82, 2.24) is 9.55 Å². The van der Waals surface area contributed by atoms with Crippen molar-refractivity contribution in [2.75, 3.05) is 5.75 Å². The molecule has 0 amide bonds. The molecule has 4 nitrogen and oxygen atoms in total. The molecular formula is C28H34N2O2S. The number of hydrogen-bond donors (Lipinski definition) is 0. The van der Waals surface area contributed by atoms with Crippen molar-refractivity contribution in [1.29, 1.82) is 0 Å². The molecule has 0 aliphatic heterocycles. The summed E-state index contributed by atoms with van der Waals surface area (Å²) < 4.78 is 7.54. The average Bonchev–Trinajstić information content (AvgIpc) is 3.35. The second-order valence-electron chi connectivity index (χ2n) is 9.67. The van der Waals surface area contributed by atoms with Gasteiger partial charge in [0.15, 0.2) is 5.16 Å². The summed E-state index contributed by atoms with van der Waals surface area (Å²) in [6.45, 7) is 2.68. The molecule has 3 aromatic rings. The largest absolute Gasteiger partial charge is 0.467 e. The minimum atomic E-state index is -0.0821. The zero-order valence-corrected chi connectivity index (χ0v) is 20.5. The maximum Gasteiger partial charge on any atom is 0.258 e. The van der Waals surface area contributed by atoms with Gasteiger partial charge in [0.25, 0.3) is 5.56 Å². The minimum Gasteiger partial charge on any atom is -0.467 e. The fraction of sp³-hybridized carbons (Fsp3) is 0.500. The highest BCUT2D eigenvalue weighted by Crippen LogP contribution is 2.48. The number of hydrogen-bond acceptors (Lipinski definition) is 4. The summed E-state index contributed by atoms with van der Waals surface area (Å²) in [6.07, 6.45) is 13.3. The Hall–Kier alpha value is -2.27. The van der Waals surface area contributed by atoms with Crippen LogP contribution in [-0.4, -0.2) is 15.3 Å². The molecule has 0 saturated heterocycles. The lowest BCUT2D eigenvalue weighted by atomic mass is 9.62. The van der Waals surface area contributed by atoms with Crippen LogP contribution in [0.4, 0.5) is 0 Å². The van der Waals surface area contributed by atoms with Crippen molar-refractivity contribution in [3.05, 3.63) is 69.9 Å². The van der Waals surface area contributed by atoms with Crippen LogP contribution in [0.5, 0.6) is 0 Å². The number of aromatic nitrogens is 2. The lowest BCUT2D eigenvalue weighted by Crippen LogP contribution is -2.43. The van der Waals surface area contributed by atoms with Crippen LogP contribution in [0.15, 0.2) is 57.0 Å². The van der Waals surface area contributed by atoms with Gasteiger partial charge < -0.3 is 4.42 Å². The van der Waals surface area contributed by atoms with Crippen molar-refractivity contribution in [3.8, 4) is 11.3 Å². The van der Waals surface area contributed by atoms with E-state index in [1.165, 1.54) is 44.1 Å². The predicted molar refractivity (Wildman–Crippen MR) is 135 cm³/mol. The fourth-order valence-corrected chi connectivity index (χ4v) is 6.71. The van der Waals surface area contributed by atoms with Gasteiger partial charge in [-0.05, 0) is 43.4 Å². The molecule has 2 heterocycles. The van der Waals surface area contributed by atoms with E-state index in [9.17, 15) is 4.79 Å². The van der Waals surface area contributed by atoms with Crippen molar-refractivity contribution < 1.29 is 4.42 Å². The van der Waals surface area contributed by atoms with Crippen LogP contribution in [0.25, 0.3) is 11.3 Å². The van der Waals surface area contributed by atoms with Crippen molar-refractivity contribution >= 4 is 11.8 Å². The first-order valence-electron chi connectivity index (χ1n) is 12.6. The average molecular weight is 463 g/mol. The van der Waals surface area contributed by atoms with Gasteiger partial charge in [0.1, 0.15) is 5.76 Å². The van der Waals surface area contributed by atoms with Crippen LogP contribution >= 0.6 is 11.8 Å². The monoisotopic (exact) mass is 462 g/mol. The smallest absolute Gasteiger partial charge is 0.258 e. The molecule has 1 aromatic carbocycles. The van der Waals surface area contributed by atoms with Gasteiger partial charge in [0.2, 0.25) is 0 Å². The van der Waals surface area contributed by atoms with E-state index in [1.54, 1.807) is 18.0 Å². The highest BCUT2D eigenvalue weighted by atomic mass is 32.2. The van der Waals surface area contributed by atoms with Gasteiger partial charge >= 0.3 is 0 Å². The van der Waals surface area contributed by atoms with Crippen LogP contribution in [-0.2, 0) is 18.4 Å². The fourth-order valence-electron chi connectivity index (χ4n) is 5.72. The topological polar surface area (TPSA) is 48.0 Å². The lowest BCUT2D eigenvalue weighted by Gasteiger charge is -2.42. The van der Waals surface area contributed by atoms with Crippen LogP contribution in [0.2, 0.25) is 0 Å². The molecule has 0 N–H and O–H groups in total. The summed E-state index contributed by atoms with van der Waals surface area (Å²) in [6, 6.07) is 12.4. The molecule has 0 radical (unpaired) electrons. The van der Waals surface area contributed by atoms with E-state index < -0.39 is 0 Å². The number of nitrogens with zero attached hydrogens (tertiary/aromatic N) is 2. The third kappa shape index (κ3) is 4.44. The number of furan rings is 1. The number of thioether (sulfide) groups is 1. The van der Waals surface area contributed by atoms with Gasteiger partial charge in [-0.2, -0.15) is 0 Å². The standard InChI is InChI=1S/C28H34N2O2S/c1-2-3-4-10-18-33-27-29-25-23-14-7-6-12-21(23)19-28(15-8-5-9-16-28)24(25)26(31)30(27)20-22-13-11-17-32-22/h6-7,11-14,17H,2-5,8-10,15-16,18-20H2,1H3. The van der Waals surface area contributed by atoms with E-state index in [-0.39, 0.29) is 11.0 Å². The lowest BCUT2D eigenvalue weighted by molar-refractivity contribution is 0.282. The Morgan fingerprint density at radius 3 is 2.70 bits per heavy atom. The van der Waals surface area contributed by atoms with E-state index in [0.717, 1.165) is 59.2 Å². The van der Waals surface area contributed by atoms with Gasteiger partial charge in [-0.25, -0.2) is 4.98 Å². The Morgan fingerprint density at radius 1 is 1.06 bits per heavy atom. The molecule has 0 unspecified atom stereocenters. The zero-order valence-electron chi connectivity index (χ0n) is 19.6. The molecule has 0 atom stereocenters. The van der Waals surface area contributed by atoms with Crippen LogP contribution in [0.1, 0.15) is 81.6 Å². The second kappa shape index (κ2) is 9.92. The summed E-state index contributed by atoms with van der Waals surface area (Å²) in [5, 5.41) is 0.828. The molecule has 5 rings (SSSR count). The Balaban J connectivity index is 1.63. The number of unbranched alkanes of at least 4 members (excludes halogenated alkanes) is 3. The van der Waals surface area contributed by atoms with E-state index in [2.05, 4.69) is 31.2 Å². The zero-order chi connectivity index (χ0) is 22.7. The van der Waals surface area contributed by atoms with Crippen molar-refractivity contribution in [2.24, 2.45) is 0 Å². The van der Waals surface area contributed by atoms with Gasteiger partial charge in [-0.15, -0.1) is 0 Å². The molecule has 2 aliphatic carbocycles. The van der Waals surface area contributed by atoms with E-state index in [0.29, 0.717) is 6.54 Å². The Morgan fingerprint density at radius 2 is 1.91 bits per heavy atom. The van der Waals surface area contributed by atoms with E-state index >= 15 is 0 Å². The summed E-state index contributed by atoms with van der Waals surface area (Å²) in [7, 11) is 0. The number of rotatable bonds is 8. The Labute approximate surface area is 200 Å². The predicted octanol–water partition coefficient (Wildman–Crippen LogP) is 6.98. The normalized spacial score (nSPS) is 16.5. The molecule has 1 saturated carbocycles. The second-order valence-corrected chi connectivity index (χ2v) is 10.7. The first-order valence-corrected chi connectivity index (χ1v) is 13.6. The number of fused-ring (bicyclic) bond motifs is 4. The highest BCUT2D eigenvalue weighted by molar-refractivity contribution is 7.99. The maximum atomic E-state index is 14.2. The van der Waals surface area contributed by atoms with Crippen LogP contribution in [0.3, 0.4) is 0 Å². The Kier molecular flexibility index (Phi) is 6.77. The molecule has 2 aliphatic rings. The third-order valence-electron chi connectivity index (χ3n) is 7.40. The van der Waals surface area contributed by atoms with Crippen molar-refractivity contribution in [2.45, 2.75) is 88.2 Å². The first kappa shape index (κ1) is 22.5. The Bertz CT molecular complexity index is 1140. The van der Waals surface area contributed by atoms with Gasteiger partial charge in [0, 0.05) is 16.7 Å². The molecule has 0 bridgehead atoms. The van der Waals surface area contributed by atoms with Crippen molar-refractivity contribution in [3.63, 3.8) is 0 Å². The molecule has 2 aromatic heterocycles. The first-order chi connectivity index (χ1) is 16.2. The summed E-state index contributed by atoms with van der Waals surface area (Å²) >= 11 is 1.73. The third-order valence-corrected chi connectivity index (χ3v) is 8.46. The quantitative estimate of drug-likeness (QED) is 0.206. The summed E-state index contributed by atoms with van der Waals surface area (Å²) in [5.41, 5.74) is 4.46. The van der Waals surface area contributed by atoms with Gasteiger partial charge in [-0.1, -0.05) is 81.5 Å². The maximum absolute atomic E-state index is 14.2. The minimum absolute atomic E-state index is 0.0821. The molecule has 33 heavy (non-hydrogen) atoms. The molecule has 1 spiro atoms. The molecule has 5 heteroatoms. The van der Waals surface area contributed by atoms with E-state index in [4.69, 9.17) is 9.40 Å². The van der Waals surface area contributed by atoms with Crippen LogP contribution < -0.4 is 5.56 Å². The molecule has 1 fully saturated rings. The van der Waals surface area contributed by atoms with E-state index in [1.807, 2.05) is 16.7 Å². The summed E-state index contributed by atoms with van der Waals surface area (Å²) in [5.74, 6) is 1.79. The van der Waals surface area contributed by atoms with Gasteiger partial charge in [-0.3, -0.25) is 9.36 Å².